The Morgan fingerprint density at radius 1 is 0.338 bits per heavy atom. The zero-order valence-corrected chi connectivity index (χ0v) is 41.7. The molecule has 0 N–H and O–H groups in total. The molecule has 6 nitrogen and oxygen atoms in total. The van der Waals surface area contributed by atoms with Crippen molar-refractivity contribution in [1.82, 2.24) is 0 Å². The average Bonchev–Trinajstić information content (AvgIpc) is 3.30. The first-order chi connectivity index (χ1) is 32.0. The Balaban J connectivity index is 4.55. The maximum Gasteiger partial charge on any atom is 0.306 e. The Hall–Kier alpha value is -4.19. The predicted octanol–water partition coefficient (Wildman–Crippen LogP) is 17.3. The van der Waals surface area contributed by atoms with Crippen LogP contribution in [0.1, 0.15) is 213 Å². The Bertz CT molecular complexity index is 1400. The van der Waals surface area contributed by atoms with Crippen LogP contribution < -0.4 is 0 Å². The molecule has 0 amide bonds. The van der Waals surface area contributed by atoms with Crippen molar-refractivity contribution >= 4 is 17.9 Å². The van der Waals surface area contributed by atoms with Gasteiger partial charge in [-0.05, 0) is 77.0 Å². The van der Waals surface area contributed by atoms with Gasteiger partial charge in [-0.15, -0.1) is 0 Å². The molecule has 0 aliphatic carbocycles. The second-order valence-electron chi connectivity index (χ2n) is 16.8. The molecule has 0 saturated carbocycles. The third-order valence-electron chi connectivity index (χ3n) is 10.6. The molecule has 6 heteroatoms. The van der Waals surface area contributed by atoms with Gasteiger partial charge in [0, 0.05) is 19.3 Å². The van der Waals surface area contributed by atoms with Crippen LogP contribution in [0.3, 0.4) is 0 Å². The molecule has 0 heterocycles. The Kier molecular flexibility index (Phi) is 49.1. The van der Waals surface area contributed by atoms with E-state index in [1.807, 2.05) is 60.8 Å². The van der Waals surface area contributed by atoms with E-state index in [0.717, 1.165) is 96.3 Å². The Morgan fingerprint density at radius 3 is 1.12 bits per heavy atom. The first-order valence-corrected chi connectivity index (χ1v) is 26.1. The van der Waals surface area contributed by atoms with E-state index in [0.29, 0.717) is 19.3 Å². The summed E-state index contributed by atoms with van der Waals surface area (Å²) in [7, 11) is 0. The lowest BCUT2D eigenvalue weighted by Crippen LogP contribution is -2.30. The zero-order chi connectivity index (χ0) is 47.2. The van der Waals surface area contributed by atoms with E-state index in [1.165, 1.54) is 70.6 Å². The molecule has 1 unspecified atom stereocenters. The van der Waals surface area contributed by atoms with Crippen LogP contribution in [0, 0.1) is 0 Å². The predicted molar refractivity (Wildman–Crippen MR) is 279 cm³/mol. The average molecular weight is 899 g/mol. The van der Waals surface area contributed by atoms with Crippen molar-refractivity contribution in [2.45, 2.75) is 219 Å². The van der Waals surface area contributed by atoms with Gasteiger partial charge in [0.15, 0.2) is 6.10 Å². The Labute approximate surface area is 399 Å². The van der Waals surface area contributed by atoms with Crippen LogP contribution in [-0.4, -0.2) is 37.2 Å². The van der Waals surface area contributed by atoms with E-state index < -0.39 is 6.10 Å². The second-order valence-corrected chi connectivity index (χ2v) is 16.8. The summed E-state index contributed by atoms with van der Waals surface area (Å²) in [4.78, 5) is 38.0. The summed E-state index contributed by atoms with van der Waals surface area (Å²) in [5, 5.41) is 0. The van der Waals surface area contributed by atoms with Gasteiger partial charge in [0.05, 0.1) is 0 Å². The van der Waals surface area contributed by atoms with E-state index in [2.05, 4.69) is 81.5 Å². The highest BCUT2D eigenvalue weighted by Gasteiger charge is 2.19. The molecule has 0 rings (SSSR count). The van der Waals surface area contributed by atoms with E-state index in [1.54, 1.807) is 0 Å². The van der Waals surface area contributed by atoms with Crippen molar-refractivity contribution < 1.29 is 28.6 Å². The van der Waals surface area contributed by atoms with Crippen LogP contribution in [0.5, 0.6) is 0 Å². The summed E-state index contributed by atoms with van der Waals surface area (Å²) in [6, 6.07) is 0. The SMILES string of the molecule is CC\C=C/C=C\C=C/C=C\C=C\C=C/CCCCCC(=O)OCC(COC(=O)CCCCCCCCCCCCCCCC)OC(=O)CCCCC/C=C\C/C=C\C/C=C\C/C=C\CC. The van der Waals surface area contributed by atoms with Crippen LogP contribution in [0.25, 0.3) is 0 Å². The van der Waals surface area contributed by atoms with Gasteiger partial charge in [-0.3, -0.25) is 14.4 Å². The lowest BCUT2D eigenvalue weighted by atomic mass is 10.0. The monoisotopic (exact) mass is 899 g/mol. The van der Waals surface area contributed by atoms with Crippen molar-refractivity contribution in [3.05, 3.63) is 122 Å². The maximum atomic E-state index is 12.8. The minimum atomic E-state index is -0.815. The molecular weight excluding hydrogens is 805 g/mol. The van der Waals surface area contributed by atoms with Gasteiger partial charge < -0.3 is 14.2 Å². The molecule has 1 atom stereocenters. The maximum absolute atomic E-state index is 12.8. The molecular formula is C59H94O6. The molecule has 0 bridgehead atoms. The van der Waals surface area contributed by atoms with Crippen molar-refractivity contribution in [1.29, 1.82) is 0 Å². The number of esters is 3. The smallest absolute Gasteiger partial charge is 0.306 e. The van der Waals surface area contributed by atoms with Crippen LogP contribution in [0.15, 0.2) is 122 Å². The summed E-state index contributed by atoms with van der Waals surface area (Å²) in [5.74, 6) is -0.989. The fraction of sp³-hybridized carbons (Fsp3) is 0.610. The molecule has 65 heavy (non-hydrogen) atoms. The summed E-state index contributed by atoms with van der Waals surface area (Å²) < 4.78 is 16.7. The minimum Gasteiger partial charge on any atom is -0.462 e. The molecule has 0 aromatic rings. The molecule has 0 spiro atoms. The quantitative estimate of drug-likeness (QED) is 0.0199. The normalized spacial score (nSPS) is 13.1. The summed E-state index contributed by atoms with van der Waals surface area (Å²) in [6.07, 6.45) is 71.8. The summed E-state index contributed by atoms with van der Waals surface area (Å²) in [5.41, 5.74) is 0. The van der Waals surface area contributed by atoms with Gasteiger partial charge in [0.25, 0.3) is 0 Å². The first kappa shape index (κ1) is 60.8. The summed E-state index contributed by atoms with van der Waals surface area (Å²) in [6.45, 7) is 6.30. The van der Waals surface area contributed by atoms with Gasteiger partial charge >= 0.3 is 17.9 Å². The molecule has 0 aromatic carbocycles. The molecule has 366 valence electrons. The number of hydrogen-bond acceptors (Lipinski definition) is 6. The van der Waals surface area contributed by atoms with Crippen molar-refractivity contribution in [2.75, 3.05) is 13.2 Å². The number of carbonyl (C=O) groups excluding carboxylic acids is 3. The minimum absolute atomic E-state index is 0.107. The third-order valence-corrected chi connectivity index (χ3v) is 10.6. The molecule has 0 radical (unpaired) electrons. The van der Waals surface area contributed by atoms with Crippen molar-refractivity contribution in [3.63, 3.8) is 0 Å². The van der Waals surface area contributed by atoms with Gasteiger partial charge in [0.2, 0.25) is 0 Å². The van der Waals surface area contributed by atoms with E-state index in [-0.39, 0.29) is 37.5 Å². The number of hydrogen-bond donors (Lipinski definition) is 0. The first-order valence-electron chi connectivity index (χ1n) is 26.1. The molecule has 0 saturated heterocycles. The number of ether oxygens (including phenoxy) is 3. The topological polar surface area (TPSA) is 78.9 Å². The lowest BCUT2D eigenvalue weighted by Gasteiger charge is -2.18. The summed E-state index contributed by atoms with van der Waals surface area (Å²) >= 11 is 0. The number of unbranched alkanes of at least 4 members (excludes halogenated alkanes) is 19. The molecule has 0 aliphatic rings. The van der Waals surface area contributed by atoms with E-state index >= 15 is 0 Å². The largest absolute Gasteiger partial charge is 0.462 e. The van der Waals surface area contributed by atoms with Gasteiger partial charge in [0.1, 0.15) is 13.2 Å². The standard InChI is InChI=1S/C59H94O6/c1-4-7-10-13-16-19-22-25-28-30-32-34-37-40-43-46-49-52-58(61)64-55-56(54-63-57(60)51-48-45-42-39-36-33-27-24-21-18-15-12-9-6-3)65-59(62)53-50-47-44-41-38-35-31-29-26-23-20-17-14-11-8-5-2/h7-8,10-11,13,16-17,19-20,22,25-26,28-30,32,34-35,37-38,56H,4-6,9,12,14-15,18,21,23-24,27,31,33,36,39-55H2,1-3H3/b10-7-,11-8-,16-13-,20-17-,22-19-,28-25-,29-26-,32-30+,37-34-,38-35-. The third kappa shape index (κ3) is 50.7. The zero-order valence-electron chi connectivity index (χ0n) is 41.7. The van der Waals surface area contributed by atoms with Crippen LogP contribution in [-0.2, 0) is 28.6 Å². The molecule has 0 aromatic heterocycles. The van der Waals surface area contributed by atoms with E-state index in [4.69, 9.17) is 14.2 Å². The number of carbonyl (C=O) groups is 3. The highest BCUT2D eigenvalue weighted by molar-refractivity contribution is 5.71. The van der Waals surface area contributed by atoms with Crippen molar-refractivity contribution in [3.8, 4) is 0 Å². The fourth-order valence-electron chi connectivity index (χ4n) is 6.76. The Morgan fingerprint density at radius 2 is 0.677 bits per heavy atom. The van der Waals surface area contributed by atoms with Gasteiger partial charge in [-0.25, -0.2) is 0 Å². The number of rotatable bonds is 45. The lowest BCUT2D eigenvalue weighted by molar-refractivity contribution is -0.167. The van der Waals surface area contributed by atoms with Gasteiger partial charge in [-0.1, -0.05) is 239 Å². The highest BCUT2D eigenvalue weighted by Crippen LogP contribution is 2.14. The second kappa shape index (κ2) is 52.4. The van der Waals surface area contributed by atoms with Crippen LogP contribution in [0.2, 0.25) is 0 Å². The van der Waals surface area contributed by atoms with Gasteiger partial charge in [-0.2, -0.15) is 0 Å². The fourth-order valence-corrected chi connectivity index (χ4v) is 6.76. The number of allylic oxidation sites excluding steroid dienone is 20. The highest BCUT2D eigenvalue weighted by atomic mass is 16.6. The van der Waals surface area contributed by atoms with Crippen LogP contribution in [0.4, 0.5) is 0 Å². The molecule has 0 aliphatic heterocycles. The van der Waals surface area contributed by atoms with E-state index in [9.17, 15) is 14.4 Å². The van der Waals surface area contributed by atoms with Crippen molar-refractivity contribution in [2.24, 2.45) is 0 Å². The van der Waals surface area contributed by atoms with Crippen LogP contribution >= 0.6 is 0 Å². The molecule has 0 fully saturated rings.